The molecule has 1 aromatic carbocycles. The smallest absolute Gasteiger partial charge is 0.325 e. The zero-order chi connectivity index (χ0) is 21.4. The first-order chi connectivity index (χ1) is 13.0. The van der Waals surface area contributed by atoms with Crippen LogP contribution in [0.15, 0.2) is 24.3 Å². The number of carbonyl (C=O) groups excluding carboxylic acids is 2. The molecule has 12 heteroatoms. The number of thiocarbonyl (C=S) groups is 2. The van der Waals surface area contributed by atoms with E-state index in [1.807, 2.05) is 0 Å². The second kappa shape index (κ2) is 10.3. The minimum absolute atomic E-state index is 0.148. The lowest BCUT2D eigenvalue weighted by Gasteiger charge is -2.13. The molecule has 0 bridgehead atoms. The van der Waals surface area contributed by atoms with Crippen LogP contribution >= 0.6 is 24.4 Å². The number of carbonyl (C=O) groups is 4. The molecule has 28 heavy (non-hydrogen) atoms. The summed E-state index contributed by atoms with van der Waals surface area (Å²) < 4.78 is 0. The van der Waals surface area contributed by atoms with Crippen molar-refractivity contribution in [3.8, 4) is 0 Å². The molecule has 2 atom stereocenters. The summed E-state index contributed by atoms with van der Waals surface area (Å²) in [5.74, 6) is -3.43. The summed E-state index contributed by atoms with van der Waals surface area (Å²) in [5, 5.41) is 26.8. The molecule has 0 saturated heterocycles. The molecule has 0 aromatic heterocycles. The van der Waals surface area contributed by atoms with Crippen molar-refractivity contribution in [3.05, 3.63) is 35.4 Å². The largest absolute Gasteiger partial charge is 0.480 e. The standard InChI is InChI=1S/C16H18N4O6S2/c1-7(13(23)24)17-15(27)19-11(21)9-3-5-10(6-4-9)12(22)20-16(28)18-8(2)14(25)26/h3-8H,1-2H3,(H,23,24)(H,25,26)(H2,17,19,21,27)(H2,18,20,22,28). The van der Waals surface area contributed by atoms with Crippen molar-refractivity contribution < 1.29 is 29.4 Å². The van der Waals surface area contributed by atoms with E-state index in [4.69, 9.17) is 34.6 Å². The third-order valence-electron chi connectivity index (χ3n) is 3.30. The van der Waals surface area contributed by atoms with Crippen LogP contribution in [0.4, 0.5) is 0 Å². The Morgan fingerprint density at radius 1 is 0.750 bits per heavy atom. The minimum atomic E-state index is -1.13. The molecule has 2 unspecified atom stereocenters. The quantitative estimate of drug-likeness (QED) is 0.338. The zero-order valence-corrected chi connectivity index (χ0v) is 16.4. The highest BCUT2D eigenvalue weighted by atomic mass is 32.1. The Balaban J connectivity index is 2.64. The molecule has 10 nitrogen and oxygen atoms in total. The monoisotopic (exact) mass is 426 g/mol. The van der Waals surface area contributed by atoms with Crippen molar-refractivity contribution in [2.24, 2.45) is 0 Å². The molecule has 0 aliphatic carbocycles. The number of aliphatic carboxylic acids is 2. The van der Waals surface area contributed by atoms with Gasteiger partial charge in [-0.15, -0.1) is 0 Å². The molecule has 2 amide bonds. The predicted octanol–water partition coefficient (Wildman–Crippen LogP) is -0.159. The van der Waals surface area contributed by atoms with E-state index in [1.165, 1.54) is 38.1 Å². The highest BCUT2D eigenvalue weighted by molar-refractivity contribution is 7.80. The zero-order valence-electron chi connectivity index (χ0n) is 14.8. The molecular formula is C16H18N4O6S2. The van der Waals surface area contributed by atoms with E-state index in [0.717, 1.165) is 0 Å². The van der Waals surface area contributed by atoms with Gasteiger partial charge in [0.25, 0.3) is 11.8 Å². The van der Waals surface area contributed by atoms with Crippen LogP contribution in [0.2, 0.25) is 0 Å². The molecule has 0 spiro atoms. The summed E-state index contributed by atoms with van der Waals surface area (Å²) in [5.41, 5.74) is 0.368. The van der Waals surface area contributed by atoms with Crippen molar-refractivity contribution in [1.29, 1.82) is 0 Å². The van der Waals surface area contributed by atoms with Crippen LogP contribution in [0, 0.1) is 0 Å². The van der Waals surface area contributed by atoms with E-state index < -0.39 is 35.8 Å². The lowest BCUT2D eigenvalue weighted by molar-refractivity contribution is -0.139. The first kappa shape index (κ1) is 22.9. The van der Waals surface area contributed by atoms with Crippen LogP contribution in [0.1, 0.15) is 34.6 Å². The van der Waals surface area contributed by atoms with Gasteiger partial charge in [-0.05, 0) is 62.5 Å². The van der Waals surface area contributed by atoms with E-state index in [0.29, 0.717) is 0 Å². The topological polar surface area (TPSA) is 157 Å². The van der Waals surface area contributed by atoms with Gasteiger partial charge < -0.3 is 20.8 Å². The van der Waals surface area contributed by atoms with E-state index in [-0.39, 0.29) is 21.4 Å². The molecule has 1 aromatic rings. The van der Waals surface area contributed by atoms with Crippen molar-refractivity contribution in [2.75, 3.05) is 0 Å². The third kappa shape index (κ3) is 7.25. The molecule has 0 aliphatic heterocycles. The van der Waals surface area contributed by atoms with Crippen molar-refractivity contribution >= 4 is 58.4 Å². The number of carboxylic acids is 2. The Morgan fingerprint density at radius 2 is 1.04 bits per heavy atom. The number of amides is 2. The molecule has 0 aliphatic rings. The fraction of sp³-hybridized carbons (Fsp3) is 0.250. The van der Waals surface area contributed by atoms with Crippen molar-refractivity contribution in [1.82, 2.24) is 21.3 Å². The molecule has 1 rings (SSSR count). The Kier molecular flexibility index (Phi) is 8.41. The van der Waals surface area contributed by atoms with E-state index >= 15 is 0 Å². The fourth-order valence-electron chi connectivity index (χ4n) is 1.71. The van der Waals surface area contributed by atoms with Gasteiger partial charge >= 0.3 is 11.9 Å². The van der Waals surface area contributed by atoms with Gasteiger partial charge in [0.05, 0.1) is 0 Å². The molecule has 0 heterocycles. The Morgan fingerprint density at radius 3 is 1.29 bits per heavy atom. The van der Waals surface area contributed by atoms with Crippen LogP contribution in [0.3, 0.4) is 0 Å². The SMILES string of the molecule is CC(NC(=S)NC(=O)c1ccc(C(=O)NC(=S)NC(C)C(=O)O)cc1)C(=O)O. The average Bonchev–Trinajstić information content (AvgIpc) is 2.61. The van der Waals surface area contributed by atoms with Crippen molar-refractivity contribution in [3.63, 3.8) is 0 Å². The first-order valence-corrected chi connectivity index (χ1v) is 8.62. The number of benzene rings is 1. The lowest BCUT2D eigenvalue weighted by atomic mass is 10.1. The summed E-state index contributed by atoms with van der Waals surface area (Å²) in [7, 11) is 0. The summed E-state index contributed by atoms with van der Waals surface area (Å²) in [6.07, 6.45) is 0. The maximum absolute atomic E-state index is 12.1. The highest BCUT2D eigenvalue weighted by Crippen LogP contribution is 2.05. The number of nitrogens with one attached hydrogen (secondary N) is 4. The Hall–Kier alpha value is -3.12. The minimum Gasteiger partial charge on any atom is -0.480 e. The van der Waals surface area contributed by atoms with E-state index in [2.05, 4.69) is 21.3 Å². The van der Waals surface area contributed by atoms with E-state index in [9.17, 15) is 19.2 Å². The van der Waals surface area contributed by atoms with Gasteiger partial charge in [0.15, 0.2) is 10.2 Å². The van der Waals surface area contributed by atoms with Crippen LogP contribution in [0.25, 0.3) is 0 Å². The summed E-state index contributed by atoms with van der Waals surface area (Å²) in [6.45, 7) is 2.73. The molecule has 0 radical (unpaired) electrons. The Bertz CT molecular complexity index is 745. The molecule has 150 valence electrons. The fourth-order valence-corrected chi connectivity index (χ4v) is 2.25. The highest BCUT2D eigenvalue weighted by Gasteiger charge is 2.16. The lowest BCUT2D eigenvalue weighted by Crippen LogP contribution is -2.46. The van der Waals surface area contributed by atoms with Gasteiger partial charge in [-0.25, -0.2) is 0 Å². The summed E-state index contributed by atoms with van der Waals surface area (Å²) in [6, 6.07) is 3.52. The van der Waals surface area contributed by atoms with Gasteiger partial charge in [-0.1, -0.05) is 0 Å². The van der Waals surface area contributed by atoms with Gasteiger partial charge in [0.2, 0.25) is 0 Å². The number of carboxylic acid groups (broad SMARTS) is 2. The molecular weight excluding hydrogens is 408 g/mol. The predicted molar refractivity (Wildman–Crippen MR) is 107 cm³/mol. The maximum Gasteiger partial charge on any atom is 0.325 e. The third-order valence-corrected chi connectivity index (χ3v) is 3.74. The number of hydrogen-bond donors (Lipinski definition) is 6. The van der Waals surface area contributed by atoms with Gasteiger partial charge in [-0.2, -0.15) is 0 Å². The van der Waals surface area contributed by atoms with Crippen molar-refractivity contribution in [2.45, 2.75) is 25.9 Å². The van der Waals surface area contributed by atoms with Crippen LogP contribution < -0.4 is 21.3 Å². The second-order valence-electron chi connectivity index (χ2n) is 5.55. The molecule has 0 saturated carbocycles. The normalized spacial score (nSPS) is 12.1. The maximum atomic E-state index is 12.1. The number of hydrogen-bond acceptors (Lipinski definition) is 6. The second-order valence-corrected chi connectivity index (χ2v) is 6.37. The van der Waals surface area contributed by atoms with Crippen LogP contribution in [0.5, 0.6) is 0 Å². The first-order valence-electron chi connectivity index (χ1n) is 7.80. The van der Waals surface area contributed by atoms with Gasteiger partial charge in [-0.3, -0.25) is 29.8 Å². The summed E-state index contributed by atoms with van der Waals surface area (Å²) >= 11 is 9.72. The van der Waals surface area contributed by atoms with E-state index in [1.54, 1.807) is 0 Å². The van der Waals surface area contributed by atoms with Gasteiger partial charge in [0, 0.05) is 11.1 Å². The number of rotatable bonds is 6. The summed E-state index contributed by atoms with van der Waals surface area (Å²) in [4.78, 5) is 45.6. The van der Waals surface area contributed by atoms with Crippen LogP contribution in [-0.4, -0.2) is 56.3 Å². The average molecular weight is 426 g/mol. The van der Waals surface area contributed by atoms with Gasteiger partial charge in [0.1, 0.15) is 12.1 Å². The van der Waals surface area contributed by atoms with Crippen LogP contribution in [-0.2, 0) is 9.59 Å². The Labute approximate surface area is 170 Å². The molecule has 0 fully saturated rings. The molecule has 6 N–H and O–H groups in total.